The van der Waals surface area contributed by atoms with E-state index in [1.54, 1.807) is 23.1 Å². The summed E-state index contributed by atoms with van der Waals surface area (Å²) in [7, 11) is 0. The van der Waals surface area contributed by atoms with E-state index in [1.807, 2.05) is 23.1 Å². The van der Waals surface area contributed by atoms with Gasteiger partial charge in [0.05, 0.1) is 0 Å². The van der Waals surface area contributed by atoms with Crippen LogP contribution in [0.1, 0.15) is 52.7 Å². The minimum atomic E-state index is -0.135. The van der Waals surface area contributed by atoms with Gasteiger partial charge in [0.2, 0.25) is 0 Å². The molecule has 1 unspecified atom stereocenters. The van der Waals surface area contributed by atoms with Crippen LogP contribution in [0.15, 0.2) is 42.5 Å². The average Bonchev–Trinajstić information content (AvgIpc) is 2.72. The topological polar surface area (TPSA) is 53.5 Å². The van der Waals surface area contributed by atoms with Crippen LogP contribution in [0.25, 0.3) is 0 Å². The lowest BCUT2D eigenvalue weighted by molar-refractivity contribution is 0.0677. The van der Waals surface area contributed by atoms with Gasteiger partial charge in [-0.25, -0.2) is 4.98 Å². The molecule has 5 heteroatoms. The number of anilines is 1. The van der Waals surface area contributed by atoms with Gasteiger partial charge >= 0.3 is 0 Å². The second-order valence-electron chi connectivity index (χ2n) is 7.60. The van der Waals surface area contributed by atoms with Crippen molar-refractivity contribution in [2.24, 2.45) is 5.92 Å². The summed E-state index contributed by atoms with van der Waals surface area (Å²) >= 11 is 0. The van der Waals surface area contributed by atoms with E-state index >= 15 is 0 Å². The summed E-state index contributed by atoms with van der Waals surface area (Å²) in [6, 6.07) is 13.2. The summed E-state index contributed by atoms with van der Waals surface area (Å²) in [5.41, 5.74) is 2.84. The first kappa shape index (κ1) is 17.7. The number of amides is 2. The second-order valence-corrected chi connectivity index (χ2v) is 7.60. The van der Waals surface area contributed by atoms with E-state index in [9.17, 15) is 9.59 Å². The highest BCUT2D eigenvalue weighted by Crippen LogP contribution is 2.28. The number of carbonyl (C=O) groups is 2. The van der Waals surface area contributed by atoms with Crippen molar-refractivity contribution >= 4 is 17.5 Å². The normalized spacial score (nSPS) is 19.5. The van der Waals surface area contributed by atoms with Crippen molar-refractivity contribution in [1.82, 2.24) is 9.88 Å². The fraction of sp³-hybridized carbons (Fsp3) is 0.409. The van der Waals surface area contributed by atoms with Gasteiger partial charge in [-0.05, 0) is 55.4 Å². The molecule has 1 fully saturated rings. The Bertz CT molecular complexity index is 864. The minimum absolute atomic E-state index is 0.0738. The number of aromatic nitrogens is 1. The summed E-state index contributed by atoms with van der Waals surface area (Å²) in [6.45, 7) is 4.38. The SMILES string of the molecule is CC1CCCN(C(=O)c2cccc(C(=O)N3CCCc4ccccc43)n2)C1. The molecule has 0 spiro atoms. The predicted molar refractivity (Wildman–Crippen MR) is 105 cm³/mol. The van der Waals surface area contributed by atoms with Gasteiger partial charge in [0.1, 0.15) is 11.4 Å². The molecule has 2 amide bonds. The van der Waals surface area contributed by atoms with Crippen LogP contribution < -0.4 is 4.90 Å². The molecular weight excluding hydrogens is 338 g/mol. The van der Waals surface area contributed by atoms with Gasteiger partial charge in [0.25, 0.3) is 11.8 Å². The van der Waals surface area contributed by atoms with Crippen LogP contribution in [-0.2, 0) is 6.42 Å². The highest BCUT2D eigenvalue weighted by Gasteiger charge is 2.26. The highest BCUT2D eigenvalue weighted by molar-refractivity contribution is 6.06. The third-order valence-corrected chi connectivity index (χ3v) is 5.49. The summed E-state index contributed by atoms with van der Waals surface area (Å²) in [5, 5.41) is 0. The largest absolute Gasteiger partial charge is 0.337 e. The Morgan fingerprint density at radius 2 is 1.74 bits per heavy atom. The Morgan fingerprint density at radius 1 is 0.963 bits per heavy atom. The van der Waals surface area contributed by atoms with Gasteiger partial charge in [0.15, 0.2) is 0 Å². The van der Waals surface area contributed by atoms with Gasteiger partial charge in [-0.15, -0.1) is 0 Å². The van der Waals surface area contributed by atoms with E-state index < -0.39 is 0 Å². The standard InChI is InChI=1S/C22H25N3O2/c1-16-7-5-13-24(15-16)21(26)18-10-4-11-19(23-18)22(27)25-14-6-9-17-8-2-3-12-20(17)25/h2-4,8,10-12,16H,5-7,9,13-15H2,1H3. The maximum atomic E-state index is 13.1. The summed E-state index contributed by atoms with van der Waals surface area (Å²) in [4.78, 5) is 34.0. The van der Waals surface area contributed by atoms with Crippen molar-refractivity contribution in [2.75, 3.05) is 24.5 Å². The number of piperidine rings is 1. The fourth-order valence-corrected chi connectivity index (χ4v) is 4.09. The van der Waals surface area contributed by atoms with Gasteiger partial charge < -0.3 is 9.80 Å². The van der Waals surface area contributed by atoms with E-state index in [0.29, 0.717) is 23.9 Å². The lowest BCUT2D eigenvalue weighted by atomic mass is 10.00. The Morgan fingerprint density at radius 3 is 2.56 bits per heavy atom. The van der Waals surface area contributed by atoms with Crippen molar-refractivity contribution < 1.29 is 9.59 Å². The number of fused-ring (bicyclic) bond motifs is 1. The lowest BCUT2D eigenvalue weighted by Gasteiger charge is -2.31. The molecule has 0 saturated carbocycles. The third-order valence-electron chi connectivity index (χ3n) is 5.49. The number of carbonyl (C=O) groups excluding carboxylic acids is 2. The molecule has 2 aromatic rings. The van der Waals surface area contributed by atoms with E-state index in [2.05, 4.69) is 18.0 Å². The molecule has 0 radical (unpaired) electrons. The minimum Gasteiger partial charge on any atom is -0.337 e. The first-order valence-corrected chi connectivity index (χ1v) is 9.79. The van der Waals surface area contributed by atoms with Crippen LogP contribution in [0, 0.1) is 5.92 Å². The quantitative estimate of drug-likeness (QED) is 0.820. The van der Waals surface area contributed by atoms with Crippen LogP contribution in [0.4, 0.5) is 5.69 Å². The Labute approximate surface area is 160 Å². The van der Waals surface area contributed by atoms with Crippen LogP contribution in [0.3, 0.4) is 0 Å². The number of benzene rings is 1. The zero-order valence-corrected chi connectivity index (χ0v) is 15.7. The second kappa shape index (κ2) is 7.51. The molecule has 4 rings (SSSR count). The third kappa shape index (κ3) is 3.59. The first-order valence-electron chi connectivity index (χ1n) is 9.79. The number of likely N-dealkylation sites (tertiary alicyclic amines) is 1. The fourth-order valence-electron chi connectivity index (χ4n) is 4.09. The predicted octanol–water partition coefficient (Wildman–Crippen LogP) is 3.55. The number of nitrogens with zero attached hydrogens (tertiary/aromatic N) is 3. The van der Waals surface area contributed by atoms with Crippen LogP contribution in [-0.4, -0.2) is 41.3 Å². The Hall–Kier alpha value is -2.69. The highest BCUT2D eigenvalue weighted by atomic mass is 16.2. The summed E-state index contributed by atoms with van der Waals surface area (Å²) in [6.07, 6.45) is 4.10. The molecule has 1 atom stereocenters. The molecule has 0 N–H and O–H groups in total. The Kier molecular flexibility index (Phi) is 4.92. The molecule has 140 valence electrons. The summed E-state index contributed by atoms with van der Waals surface area (Å²) < 4.78 is 0. The van der Waals surface area contributed by atoms with Gasteiger partial charge in [-0.1, -0.05) is 31.2 Å². The Balaban J connectivity index is 1.58. The number of rotatable bonds is 2. The van der Waals surface area contributed by atoms with E-state index in [1.165, 1.54) is 5.56 Å². The lowest BCUT2D eigenvalue weighted by Crippen LogP contribution is -2.40. The molecule has 27 heavy (non-hydrogen) atoms. The number of pyridine rings is 1. The zero-order valence-electron chi connectivity index (χ0n) is 15.7. The molecule has 0 bridgehead atoms. The monoisotopic (exact) mass is 363 g/mol. The number of hydrogen-bond acceptors (Lipinski definition) is 3. The molecule has 1 aromatic carbocycles. The average molecular weight is 363 g/mol. The van der Waals surface area contributed by atoms with Crippen molar-refractivity contribution in [3.8, 4) is 0 Å². The molecule has 0 aliphatic carbocycles. The van der Waals surface area contributed by atoms with Crippen molar-refractivity contribution in [3.05, 3.63) is 59.4 Å². The smallest absolute Gasteiger partial charge is 0.276 e. The number of hydrogen-bond donors (Lipinski definition) is 0. The molecule has 5 nitrogen and oxygen atoms in total. The molecule has 1 aromatic heterocycles. The van der Waals surface area contributed by atoms with Gasteiger partial charge in [-0.2, -0.15) is 0 Å². The van der Waals surface area contributed by atoms with E-state index in [4.69, 9.17) is 0 Å². The van der Waals surface area contributed by atoms with Crippen molar-refractivity contribution in [1.29, 1.82) is 0 Å². The molecular formula is C22H25N3O2. The van der Waals surface area contributed by atoms with Crippen LogP contribution >= 0.6 is 0 Å². The van der Waals surface area contributed by atoms with Crippen LogP contribution in [0.2, 0.25) is 0 Å². The zero-order chi connectivity index (χ0) is 18.8. The van der Waals surface area contributed by atoms with E-state index in [0.717, 1.165) is 44.5 Å². The van der Waals surface area contributed by atoms with E-state index in [-0.39, 0.29) is 11.8 Å². The molecule has 3 heterocycles. The van der Waals surface area contributed by atoms with Crippen LogP contribution in [0.5, 0.6) is 0 Å². The molecule has 1 saturated heterocycles. The number of aryl methyl sites for hydroxylation is 1. The molecule has 2 aliphatic rings. The maximum absolute atomic E-state index is 13.1. The number of para-hydroxylation sites is 1. The first-order chi connectivity index (χ1) is 13.1. The van der Waals surface area contributed by atoms with Crippen molar-refractivity contribution in [3.63, 3.8) is 0 Å². The summed E-state index contributed by atoms with van der Waals surface area (Å²) in [5.74, 6) is 0.302. The van der Waals surface area contributed by atoms with Crippen molar-refractivity contribution in [2.45, 2.75) is 32.6 Å². The van der Waals surface area contributed by atoms with Gasteiger partial charge in [-0.3, -0.25) is 9.59 Å². The maximum Gasteiger partial charge on any atom is 0.276 e. The van der Waals surface area contributed by atoms with Gasteiger partial charge in [0, 0.05) is 25.3 Å². The molecule has 2 aliphatic heterocycles.